The van der Waals surface area contributed by atoms with Gasteiger partial charge >= 0.3 is 12.1 Å². The maximum atomic E-state index is 11.0. The molecule has 1 amide bonds. The topological polar surface area (TPSA) is 66.8 Å². The Balaban J connectivity index is 2.66. The van der Waals surface area contributed by atoms with Gasteiger partial charge in [-0.2, -0.15) is 0 Å². The predicted octanol–water partition coefficient (Wildman–Crippen LogP) is 0.546. The summed E-state index contributed by atoms with van der Waals surface area (Å²) >= 11 is 0. The van der Waals surface area contributed by atoms with E-state index in [0.717, 1.165) is 4.90 Å². The van der Waals surface area contributed by atoms with Gasteiger partial charge in [-0.05, 0) is 5.92 Å². The summed E-state index contributed by atoms with van der Waals surface area (Å²) in [5.41, 5.74) is 0. The van der Waals surface area contributed by atoms with E-state index in [1.54, 1.807) is 0 Å². The molecule has 0 aliphatic carbocycles. The van der Waals surface area contributed by atoms with Crippen molar-refractivity contribution in [1.82, 2.24) is 4.90 Å². The lowest BCUT2D eigenvalue weighted by Gasteiger charge is -2.41. The van der Waals surface area contributed by atoms with Gasteiger partial charge in [0, 0.05) is 7.05 Å². The molecule has 0 radical (unpaired) electrons. The molecule has 1 aliphatic rings. The van der Waals surface area contributed by atoms with Crippen molar-refractivity contribution in [2.75, 3.05) is 7.05 Å². The molecule has 0 aromatic heterocycles. The van der Waals surface area contributed by atoms with Crippen LogP contribution in [0.25, 0.3) is 0 Å². The molecule has 1 fully saturated rings. The lowest BCUT2D eigenvalue weighted by Crippen LogP contribution is -2.61. The largest absolute Gasteiger partial charge is 0.465 e. The molecule has 1 saturated heterocycles. The van der Waals surface area contributed by atoms with Crippen LogP contribution in [-0.2, 0) is 9.53 Å². The molecular formula is C8H13NO4. The number of esters is 1. The first-order chi connectivity index (χ1) is 5.95. The fourth-order valence-corrected chi connectivity index (χ4v) is 1.33. The average molecular weight is 187 g/mol. The first kappa shape index (κ1) is 9.83. The Kier molecular flexibility index (Phi) is 2.45. The highest BCUT2D eigenvalue weighted by Gasteiger charge is 2.48. The molecule has 2 unspecified atom stereocenters. The number of likely N-dealkylation sites (N-methyl/N-ethyl adjacent to an activating group) is 1. The Bertz CT molecular complexity index is 238. The van der Waals surface area contributed by atoms with Gasteiger partial charge in [0.25, 0.3) is 0 Å². The molecule has 1 rings (SSSR count). The molecule has 5 nitrogen and oxygen atoms in total. The van der Waals surface area contributed by atoms with E-state index < -0.39 is 18.1 Å². The third-order valence-electron chi connectivity index (χ3n) is 2.18. The molecule has 1 heterocycles. The highest BCUT2D eigenvalue weighted by molar-refractivity contribution is 5.86. The molecule has 5 heteroatoms. The summed E-state index contributed by atoms with van der Waals surface area (Å²) in [6.07, 6.45) is -1.40. The summed E-state index contributed by atoms with van der Waals surface area (Å²) in [5, 5.41) is 8.65. The highest BCUT2D eigenvalue weighted by atomic mass is 16.6. The second kappa shape index (κ2) is 3.24. The molecule has 0 aromatic rings. The van der Waals surface area contributed by atoms with Gasteiger partial charge in [-0.25, -0.2) is 9.59 Å². The van der Waals surface area contributed by atoms with Gasteiger partial charge in [-0.3, -0.25) is 4.90 Å². The van der Waals surface area contributed by atoms with Crippen molar-refractivity contribution in [3.8, 4) is 0 Å². The lowest BCUT2D eigenvalue weighted by molar-refractivity contribution is -0.190. The standard InChI is InChI=1S/C8H13NO4/c1-4(2)6-5(7(10)13-6)9(3)8(11)12/h4-6H,1-3H3,(H,11,12). The zero-order valence-electron chi connectivity index (χ0n) is 7.85. The molecule has 2 atom stereocenters. The van der Waals surface area contributed by atoms with Gasteiger partial charge in [0.2, 0.25) is 0 Å². The number of nitrogens with zero attached hydrogens (tertiary/aromatic N) is 1. The summed E-state index contributed by atoms with van der Waals surface area (Å²) in [4.78, 5) is 22.5. The zero-order valence-corrected chi connectivity index (χ0v) is 7.85. The summed E-state index contributed by atoms with van der Waals surface area (Å²) in [6, 6.07) is -0.627. The van der Waals surface area contributed by atoms with Crippen LogP contribution >= 0.6 is 0 Å². The van der Waals surface area contributed by atoms with E-state index in [0.29, 0.717) is 0 Å². The van der Waals surface area contributed by atoms with Gasteiger partial charge in [0.05, 0.1) is 0 Å². The Morgan fingerprint density at radius 2 is 2.15 bits per heavy atom. The minimum atomic E-state index is -1.10. The van der Waals surface area contributed by atoms with Crippen molar-refractivity contribution in [1.29, 1.82) is 0 Å². The minimum absolute atomic E-state index is 0.143. The van der Waals surface area contributed by atoms with Crippen LogP contribution in [0, 0.1) is 5.92 Å². The molecule has 13 heavy (non-hydrogen) atoms. The van der Waals surface area contributed by atoms with E-state index in [4.69, 9.17) is 9.84 Å². The Morgan fingerprint density at radius 1 is 1.62 bits per heavy atom. The molecule has 0 spiro atoms. The minimum Gasteiger partial charge on any atom is -0.465 e. The van der Waals surface area contributed by atoms with Crippen LogP contribution in [0.15, 0.2) is 0 Å². The third kappa shape index (κ3) is 1.59. The Labute approximate surface area is 76.3 Å². The fraction of sp³-hybridized carbons (Fsp3) is 0.750. The van der Waals surface area contributed by atoms with Gasteiger partial charge in [-0.1, -0.05) is 13.8 Å². The van der Waals surface area contributed by atoms with Crippen LogP contribution in [-0.4, -0.2) is 41.3 Å². The maximum Gasteiger partial charge on any atom is 0.407 e. The van der Waals surface area contributed by atoms with Crippen LogP contribution in [0.1, 0.15) is 13.8 Å². The molecule has 1 N–H and O–H groups in total. The normalized spacial score (nSPS) is 26.6. The summed E-state index contributed by atoms with van der Waals surface area (Å²) < 4.78 is 4.84. The van der Waals surface area contributed by atoms with Crippen molar-refractivity contribution in [2.45, 2.75) is 26.0 Å². The van der Waals surface area contributed by atoms with E-state index in [1.165, 1.54) is 7.05 Å². The molecule has 0 aromatic carbocycles. The number of hydrogen-bond donors (Lipinski definition) is 1. The summed E-state index contributed by atoms with van der Waals surface area (Å²) in [5.74, 6) is -0.312. The smallest absolute Gasteiger partial charge is 0.407 e. The molecule has 74 valence electrons. The number of rotatable bonds is 2. The first-order valence-electron chi connectivity index (χ1n) is 4.11. The van der Waals surface area contributed by atoms with Crippen LogP contribution in [0.3, 0.4) is 0 Å². The fourth-order valence-electron chi connectivity index (χ4n) is 1.33. The number of carbonyl (C=O) groups excluding carboxylic acids is 1. The predicted molar refractivity (Wildman–Crippen MR) is 44.3 cm³/mol. The lowest BCUT2D eigenvalue weighted by atomic mass is 9.94. The van der Waals surface area contributed by atoms with Gasteiger partial charge in [0.1, 0.15) is 6.10 Å². The van der Waals surface area contributed by atoms with Crippen molar-refractivity contribution in [3.05, 3.63) is 0 Å². The Hall–Kier alpha value is -1.26. The molecular weight excluding hydrogens is 174 g/mol. The average Bonchev–Trinajstić information content (AvgIpc) is 1.99. The summed E-state index contributed by atoms with van der Waals surface area (Å²) in [7, 11) is 1.38. The van der Waals surface area contributed by atoms with E-state index in [2.05, 4.69) is 0 Å². The van der Waals surface area contributed by atoms with Crippen molar-refractivity contribution >= 4 is 12.1 Å². The zero-order chi connectivity index (χ0) is 10.2. The van der Waals surface area contributed by atoms with E-state index in [9.17, 15) is 9.59 Å². The highest BCUT2D eigenvalue weighted by Crippen LogP contribution is 2.26. The number of ether oxygens (including phenoxy) is 1. The van der Waals surface area contributed by atoms with Gasteiger partial charge in [0.15, 0.2) is 6.04 Å². The number of hydrogen-bond acceptors (Lipinski definition) is 3. The van der Waals surface area contributed by atoms with Crippen LogP contribution < -0.4 is 0 Å². The van der Waals surface area contributed by atoms with E-state index in [-0.39, 0.29) is 12.0 Å². The Morgan fingerprint density at radius 3 is 2.46 bits per heavy atom. The van der Waals surface area contributed by atoms with Crippen molar-refractivity contribution < 1.29 is 19.4 Å². The van der Waals surface area contributed by atoms with Gasteiger partial charge in [-0.15, -0.1) is 0 Å². The van der Waals surface area contributed by atoms with E-state index in [1.807, 2.05) is 13.8 Å². The third-order valence-corrected chi connectivity index (χ3v) is 2.18. The summed E-state index contributed by atoms with van der Waals surface area (Å²) in [6.45, 7) is 3.78. The number of carboxylic acid groups (broad SMARTS) is 1. The quantitative estimate of drug-likeness (QED) is 0.641. The maximum absolute atomic E-state index is 11.0. The van der Waals surface area contributed by atoms with Gasteiger partial charge < -0.3 is 9.84 Å². The monoisotopic (exact) mass is 187 g/mol. The number of carbonyl (C=O) groups is 2. The van der Waals surface area contributed by atoms with E-state index >= 15 is 0 Å². The molecule has 0 saturated carbocycles. The van der Waals surface area contributed by atoms with Crippen LogP contribution in [0.4, 0.5) is 4.79 Å². The second-order valence-electron chi connectivity index (χ2n) is 3.48. The molecule has 0 bridgehead atoms. The SMILES string of the molecule is CC(C)C1OC(=O)C1N(C)C(=O)O. The first-order valence-corrected chi connectivity index (χ1v) is 4.11. The van der Waals surface area contributed by atoms with Crippen molar-refractivity contribution in [3.63, 3.8) is 0 Å². The van der Waals surface area contributed by atoms with Crippen molar-refractivity contribution in [2.24, 2.45) is 5.92 Å². The number of amides is 1. The van der Waals surface area contributed by atoms with Crippen LogP contribution in [0.5, 0.6) is 0 Å². The second-order valence-corrected chi connectivity index (χ2v) is 3.48. The number of cyclic esters (lactones) is 1. The molecule has 1 aliphatic heterocycles. The van der Waals surface area contributed by atoms with Crippen LogP contribution in [0.2, 0.25) is 0 Å².